The number of sulfonamides is 1. The molecule has 4 nitrogen and oxygen atoms in total. The highest BCUT2D eigenvalue weighted by Gasteiger charge is 2.16. The molecule has 5 heteroatoms. The molecule has 0 bridgehead atoms. The van der Waals surface area contributed by atoms with Gasteiger partial charge >= 0.3 is 0 Å². The Morgan fingerprint density at radius 2 is 1.78 bits per heavy atom. The standard InChI is InChI=1S/C13H20N2O2S/c1-11(2)9-10-14-12-5-7-13(8-6-12)18(16,17)15(3)4/h5-9,14H,10H2,1-4H3. The van der Waals surface area contributed by atoms with Crippen molar-refractivity contribution in [3.63, 3.8) is 0 Å². The third-order valence-electron chi connectivity index (χ3n) is 2.45. The molecule has 0 amide bonds. The van der Waals surface area contributed by atoms with Crippen molar-refractivity contribution in [2.75, 3.05) is 26.0 Å². The molecule has 0 fully saturated rings. The van der Waals surface area contributed by atoms with Crippen molar-refractivity contribution in [3.8, 4) is 0 Å². The average molecular weight is 268 g/mol. The van der Waals surface area contributed by atoms with Crippen LogP contribution in [0.4, 0.5) is 5.69 Å². The summed E-state index contributed by atoms with van der Waals surface area (Å²) in [6, 6.07) is 6.77. The molecule has 0 atom stereocenters. The Labute approximate surface area is 109 Å². The Morgan fingerprint density at radius 3 is 2.22 bits per heavy atom. The molecular weight excluding hydrogens is 248 g/mol. The van der Waals surface area contributed by atoms with Crippen LogP contribution < -0.4 is 5.32 Å². The predicted octanol–water partition coefficient (Wildman–Crippen LogP) is 2.32. The number of nitrogens with one attached hydrogen (secondary N) is 1. The molecule has 18 heavy (non-hydrogen) atoms. The van der Waals surface area contributed by atoms with E-state index in [0.29, 0.717) is 4.90 Å². The SMILES string of the molecule is CC(C)=CCNc1ccc(S(=O)(=O)N(C)C)cc1. The van der Waals surface area contributed by atoms with Gasteiger partial charge in [0.2, 0.25) is 10.0 Å². The molecule has 1 N–H and O–H groups in total. The minimum atomic E-state index is -3.33. The first-order valence-electron chi connectivity index (χ1n) is 5.74. The monoisotopic (exact) mass is 268 g/mol. The lowest BCUT2D eigenvalue weighted by Gasteiger charge is -2.12. The first-order valence-corrected chi connectivity index (χ1v) is 7.18. The predicted molar refractivity (Wildman–Crippen MR) is 75.2 cm³/mol. The summed E-state index contributed by atoms with van der Waals surface area (Å²) >= 11 is 0. The van der Waals surface area contributed by atoms with Gasteiger partial charge in [0.15, 0.2) is 0 Å². The van der Waals surface area contributed by atoms with Crippen LogP contribution in [0.25, 0.3) is 0 Å². The number of nitrogens with zero attached hydrogens (tertiary/aromatic N) is 1. The Bertz CT molecular complexity index is 512. The summed E-state index contributed by atoms with van der Waals surface area (Å²) in [5, 5.41) is 3.20. The molecule has 0 spiro atoms. The highest BCUT2D eigenvalue weighted by atomic mass is 32.2. The maximum Gasteiger partial charge on any atom is 0.242 e. The molecule has 0 radical (unpaired) electrons. The van der Waals surface area contributed by atoms with Gasteiger partial charge in [0.25, 0.3) is 0 Å². The molecule has 0 saturated heterocycles. The van der Waals surface area contributed by atoms with Crippen molar-refractivity contribution >= 4 is 15.7 Å². The second-order valence-electron chi connectivity index (χ2n) is 4.47. The molecule has 100 valence electrons. The molecule has 0 saturated carbocycles. The van der Waals surface area contributed by atoms with Gasteiger partial charge in [-0.25, -0.2) is 12.7 Å². The van der Waals surface area contributed by atoms with E-state index in [4.69, 9.17) is 0 Å². The van der Waals surface area contributed by atoms with Gasteiger partial charge in [-0.2, -0.15) is 0 Å². The van der Waals surface area contributed by atoms with Crippen LogP contribution in [-0.4, -0.2) is 33.4 Å². The molecule has 1 aromatic carbocycles. The average Bonchev–Trinajstić information content (AvgIpc) is 2.29. The molecule has 1 aromatic rings. The van der Waals surface area contributed by atoms with Gasteiger partial charge in [-0.05, 0) is 38.1 Å². The highest BCUT2D eigenvalue weighted by Crippen LogP contribution is 2.16. The minimum absolute atomic E-state index is 0.306. The van der Waals surface area contributed by atoms with E-state index in [1.807, 2.05) is 13.8 Å². The zero-order valence-corrected chi connectivity index (χ0v) is 12.1. The Balaban J connectivity index is 2.78. The van der Waals surface area contributed by atoms with Gasteiger partial charge in [0.1, 0.15) is 0 Å². The summed E-state index contributed by atoms with van der Waals surface area (Å²) in [4.78, 5) is 0.306. The van der Waals surface area contributed by atoms with Crippen LogP contribution in [0, 0.1) is 0 Å². The van der Waals surface area contributed by atoms with Crippen molar-refractivity contribution in [2.24, 2.45) is 0 Å². The van der Waals surface area contributed by atoms with Crippen LogP contribution in [0.5, 0.6) is 0 Å². The molecule has 0 aliphatic carbocycles. The lowest BCUT2D eigenvalue weighted by atomic mass is 10.3. The molecule has 0 heterocycles. The van der Waals surface area contributed by atoms with Gasteiger partial charge in [-0.1, -0.05) is 11.6 Å². The van der Waals surface area contributed by atoms with Crippen molar-refractivity contribution < 1.29 is 8.42 Å². The largest absolute Gasteiger partial charge is 0.382 e. The second kappa shape index (κ2) is 6.02. The summed E-state index contributed by atoms with van der Waals surface area (Å²) in [6.07, 6.45) is 2.07. The van der Waals surface area contributed by atoms with E-state index in [1.165, 1.54) is 24.0 Å². The van der Waals surface area contributed by atoms with Gasteiger partial charge in [0, 0.05) is 26.3 Å². The van der Waals surface area contributed by atoms with Crippen LogP contribution in [-0.2, 0) is 10.0 Å². The normalized spacial score (nSPS) is 11.4. The first-order chi connectivity index (χ1) is 8.34. The number of benzene rings is 1. The van der Waals surface area contributed by atoms with E-state index in [-0.39, 0.29) is 0 Å². The second-order valence-corrected chi connectivity index (χ2v) is 6.63. The third kappa shape index (κ3) is 3.85. The first kappa shape index (κ1) is 14.7. The van der Waals surface area contributed by atoms with E-state index in [0.717, 1.165) is 12.2 Å². The van der Waals surface area contributed by atoms with Crippen LogP contribution in [0.1, 0.15) is 13.8 Å². The van der Waals surface area contributed by atoms with Gasteiger partial charge in [0.05, 0.1) is 4.90 Å². The van der Waals surface area contributed by atoms with E-state index in [2.05, 4.69) is 11.4 Å². The van der Waals surface area contributed by atoms with Crippen LogP contribution in [0.3, 0.4) is 0 Å². The quantitative estimate of drug-likeness (QED) is 0.834. The zero-order chi connectivity index (χ0) is 13.8. The fourth-order valence-electron chi connectivity index (χ4n) is 1.33. The number of anilines is 1. The number of hydrogen-bond donors (Lipinski definition) is 1. The topological polar surface area (TPSA) is 49.4 Å². The zero-order valence-electron chi connectivity index (χ0n) is 11.3. The van der Waals surface area contributed by atoms with E-state index >= 15 is 0 Å². The smallest absolute Gasteiger partial charge is 0.242 e. The summed E-state index contributed by atoms with van der Waals surface area (Å²) in [7, 11) is -0.286. The molecule has 1 rings (SSSR count). The molecule has 0 aliphatic heterocycles. The lowest BCUT2D eigenvalue weighted by Crippen LogP contribution is -2.22. The van der Waals surface area contributed by atoms with Crippen LogP contribution in [0.15, 0.2) is 40.8 Å². The maximum atomic E-state index is 11.8. The summed E-state index contributed by atoms with van der Waals surface area (Å²) < 4.78 is 24.9. The van der Waals surface area contributed by atoms with Crippen molar-refractivity contribution in [3.05, 3.63) is 35.9 Å². The minimum Gasteiger partial charge on any atom is -0.382 e. The third-order valence-corrected chi connectivity index (χ3v) is 4.28. The molecular formula is C13H20N2O2S. The molecule has 0 unspecified atom stereocenters. The summed E-state index contributed by atoms with van der Waals surface area (Å²) in [5.74, 6) is 0. The number of hydrogen-bond acceptors (Lipinski definition) is 3. The highest BCUT2D eigenvalue weighted by molar-refractivity contribution is 7.89. The van der Waals surface area contributed by atoms with Crippen molar-refractivity contribution in [2.45, 2.75) is 18.7 Å². The summed E-state index contributed by atoms with van der Waals surface area (Å²) in [5.41, 5.74) is 2.15. The maximum absolute atomic E-state index is 11.8. The van der Waals surface area contributed by atoms with E-state index < -0.39 is 10.0 Å². The van der Waals surface area contributed by atoms with Gasteiger partial charge in [-0.3, -0.25) is 0 Å². The fraction of sp³-hybridized carbons (Fsp3) is 0.385. The molecule has 0 aromatic heterocycles. The van der Waals surface area contributed by atoms with Crippen molar-refractivity contribution in [1.82, 2.24) is 4.31 Å². The Hall–Kier alpha value is -1.33. The molecule has 0 aliphatic rings. The Kier molecular flexibility index (Phi) is 4.93. The Morgan fingerprint density at radius 1 is 1.22 bits per heavy atom. The lowest BCUT2D eigenvalue weighted by molar-refractivity contribution is 0.521. The van der Waals surface area contributed by atoms with Gasteiger partial charge in [-0.15, -0.1) is 0 Å². The number of rotatable bonds is 5. The summed E-state index contributed by atoms with van der Waals surface area (Å²) in [6.45, 7) is 4.81. The van der Waals surface area contributed by atoms with Crippen LogP contribution in [0.2, 0.25) is 0 Å². The van der Waals surface area contributed by atoms with Crippen LogP contribution >= 0.6 is 0 Å². The number of allylic oxidation sites excluding steroid dienone is 1. The van der Waals surface area contributed by atoms with Gasteiger partial charge < -0.3 is 5.32 Å². The van der Waals surface area contributed by atoms with E-state index in [1.54, 1.807) is 24.3 Å². The fourth-order valence-corrected chi connectivity index (χ4v) is 2.23. The van der Waals surface area contributed by atoms with Crippen molar-refractivity contribution in [1.29, 1.82) is 0 Å². The van der Waals surface area contributed by atoms with E-state index in [9.17, 15) is 8.42 Å².